The Hall–Kier alpha value is -1.83. The Kier molecular flexibility index (Phi) is 4.78. The number of hydrazone groups is 1. The fourth-order valence-corrected chi connectivity index (χ4v) is 2.04. The molecule has 0 aliphatic rings. The second-order valence-electron chi connectivity index (χ2n) is 4.28. The molecular weight excluding hydrogens is 369 g/mol. The number of hydrogen-bond acceptors (Lipinski definition) is 4. The molecule has 1 amide bonds. The Labute approximate surface area is 130 Å². The van der Waals surface area contributed by atoms with Crippen LogP contribution in [0.25, 0.3) is 0 Å². The van der Waals surface area contributed by atoms with Gasteiger partial charge in [0.2, 0.25) is 0 Å². The van der Waals surface area contributed by atoms with Gasteiger partial charge in [0.25, 0.3) is 5.91 Å². The minimum atomic E-state index is -0.251. The molecule has 1 aromatic carbocycles. The number of carbonyl (C=O) groups excluding carboxylic acids is 1. The average molecular weight is 383 g/mol. The zero-order chi connectivity index (χ0) is 14.5. The lowest BCUT2D eigenvalue weighted by atomic mass is 10.2. The molecule has 0 fully saturated rings. The monoisotopic (exact) mass is 383 g/mol. The first-order chi connectivity index (χ1) is 9.56. The number of carbonyl (C=O) groups is 1. The van der Waals surface area contributed by atoms with Crippen molar-refractivity contribution in [2.24, 2.45) is 5.10 Å². The van der Waals surface area contributed by atoms with Crippen LogP contribution in [0.2, 0.25) is 0 Å². The van der Waals surface area contributed by atoms with E-state index in [4.69, 9.17) is 4.42 Å². The van der Waals surface area contributed by atoms with Crippen molar-refractivity contribution >= 4 is 40.6 Å². The number of rotatable bonds is 4. The summed E-state index contributed by atoms with van der Waals surface area (Å²) >= 11 is 2.16. The molecular formula is C14H14IN3O2. The molecule has 0 saturated heterocycles. The molecule has 20 heavy (non-hydrogen) atoms. The van der Waals surface area contributed by atoms with Crippen molar-refractivity contribution in [1.82, 2.24) is 5.43 Å². The molecule has 0 saturated carbocycles. The van der Waals surface area contributed by atoms with Crippen LogP contribution in [0.15, 0.2) is 45.9 Å². The summed E-state index contributed by atoms with van der Waals surface area (Å²) in [6.45, 7) is 0. The molecule has 1 heterocycles. The molecule has 0 unspecified atom stereocenters. The Morgan fingerprint density at radius 3 is 2.80 bits per heavy atom. The summed E-state index contributed by atoms with van der Waals surface area (Å²) in [4.78, 5) is 13.7. The Bertz CT molecular complexity index is 635. The van der Waals surface area contributed by atoms with Gasteiger partial charge in [0.1, 0.15) is 5.76 Å². The lowest BCUT2D eigenvalue weighted by molar-refractivity contribution is 0.0955. The lowest BCUT2D eigenvalue weighted by Gasteiger charge is -2.05. The summed E-state index contributed by atoms with van der Waals surface area (Å²) in [5, 5.41) is 3.88. The molecule has 104 valence electrons. The van der Waals surface area contributed by atoms with Gasteiger partial charge in [0.05, 0.1) is 6.21 Å². The predicted octanol–water partition coefficient (Wildman–Crippen LogP) is 2.71. The normalized spacial score (nSPS) is 10.8. The van der Waals surface area contributed by atoms with Gasteiger partial charge in [-0.2, -0.15) is 5.10 Å². The second kappa shape index (κ2) is 6.56. The summed E-state index contributed by atoms with van der Waals surface area (Å²) in [6, 6.07) is 10.9. The Morgan fingerprint density at radius 2 is 2.15 bits per heavy atom. The van der Waals surface area contributed by atoms with E-state index >= 15 is 0 Å². The van der Waals surface area contributed by atoms with E-state index in [-0.39, 0.29) is 5.91 Å². The largest absolute Gasteiger partial charge is 0.440 e. The van der Waals surface area contributed by atoms with Crippen molar-refractivity contribution in [2.45, 2.75) is 0 Å². The molecule has 0 radical (unpaired) electrons. The highest BCUT2D eigenvalue weighted by Crippen LogP contribution is 2.14. The minimum absolute atomic E-state index is 0.251. The molecule has 0 aliphatic carbocycles. The first-order valence-corrected chi connectivity index (χ1v) is 7.00. The van der Waals surface area contributed by atoms with E-state index in [0.717, 1.165) is 9.45 Å². The molecule has 5 nitrogen and oxygen atoms in total. The number of anilines is 1. The number of nitrogens with zero attached hydrogens (tertiary/aromatic N) is 2. The Balaban J connectivity index is 1.97. The summed E-state index contributed by atoms with van der Waals surface area (Å²) < 4.78 is 6.48. The second-order valence-corrected chi connectivity index (χ2v) is 5.53. The van der Waals surface area contributed by atoms with Crippen LogP contribution in [-0.4, -0.2) is 26.2 Å². The number of furan rings is 1. The highest BCUT2D eigenvalue weighted by molar-refractivity contribution is 14.1. The Morgan fingerprint density at radius 1 is 1.35 bits per heavy atom. The molecule has 2 rings (SSSR count). The van der Waals surface area contributed by atoms with E-state index < -0.39 is 0 Å². The van der Waals surface area contributed by atoms with Crippen molar-refractivity contribution in [3.63, 3.8) is 0 Å². The van der Waals surface area contributed by atoms with Gasteiger partial charge in [0, 0.05) is 29.3 Å². The molecule has 0 spiro atoms. The smallest absolute Gasteiger partial charge is 0.271 e. The topological polar surface area (TPSA) is 57.8 Å². The van der Waals surface area contributed by atoms with Crippen molar-refractivity contribution in [3.05, 3.63) is 51.3 Å². The number of nitrogens with one attached hydrogen (secondary N) is 1. The van der Waals surface area contributed by atoms with Crippen LogP contribution in [0.4, 0.5) is 5.88 Å². The number of hydrogen-bond donors (Lipinski definition) is 1. The minimum Gasteiger partial charge on any atom is -0.440 e. The third-order valence-corrected chi connectivity index (χ3v) is 3.17. The van der Waals surface area contributed by atoms with Crippen molar-refractivity contribution in [2.75, 3.05) is 19.0 Å². The number of amides is 1. The number of benzene rings is 1. The molecule has 6 heteroatoms. The lowest BCUT2D eigenvalue weighted by Crippen LogP contribution is -2.17. The van der Waals surface area contributed by atoms with Crippen LogP contribution in [0.1, 0.15) is 16.1 Å². The molecule has 1 aromatic heterocycles. The maximum Gasteiger partial charge on any atom is 0.271 e. The van der Waals surface area contributed by atoms with E-state index in [1.165, 1.54) is 6.21 Å². The van der Waals surface area contributed by atoms with Gasteiger partial charge < -0.3 is 9.32 Å². The van der Waals surface area contributed by atoms with Crippen LogP contribution in [0, 0.1) is 3.57 Å². The van der Waals surface area contributed by atoms with Crippen molar-refractivity contribution in [1.29, 1.82) is 0 Å². The van der Waals surface area contributed by atoms with E-state index in [2.05, 4.69) is 33.1 Å². The van der Waals surface area contributed by atoms with Crippen LogP contribution in [0.5, 0.6) is 0 Å². The fourth-order valence-electron chi connectivity index (χ4n) is 1.50. The summed E-state index contributed by atoms with van der Waals surface area (Å²) in [6.07, 6.45) is 1.47. The third-order valence-electron chi connectivity index (χ3n) is 2.50. The standard InChI is InChI=1S/C14H14IN3O2/c1-18(2)13-7-6-12(20-13)9-16-17-14(19)10-4-3-5-11(15)8-10/h3-9H,1-2H3,(H,17,19)/b16-9-. The maximum absolute atomic E-state index is 11.8. The van der Waals surface area contributed by atoms with E-state index in [1.807, 2.05) is 37.2 Å². The summed E-state index contributed by atoms with van der Waals surface area (Å²) in [7, 11) is 3.77. The predicted molar refractivity (Wildman–Crippen MR) is 87.3 cm³/mol. The zero-order valence-corrected chi connectivity index (χ0v) is 13.3. The van der Waals surface area contributed by atoms with E-state index in [0.29, 0.717) is 11.3 Å². The maximum atomic E-state index is 11.8. The fraction of sp³-hybridized carbons (Fsp3) is 0.143. The van der Waals surface area contributed by atoms with Crippen LogP contribution >= 0.6 is 22.6 Å². The highest BCUT2D eigenvalue weighted by atomic mass is 127. The molecule has 0 aliphatic heterocycles. The summed E-state index contributed by atoms with van der Waals surface area (Å²) in [5.41, 5.74) is 3.04. The van der Waals surface area contributed by atoms with Crippen LogP contribution in [-0.2, 0) is 0 Å². The van der Waals surface area contributed by atoms with Crippen molar-refractivity contribution in [3.8, 4) is 0 Å². The van der Waals surface area contributed by atoms with Gasteiger partial charge >= 0.3 is 0 Å². The molecule has 0 atom stereocenters. The zero-order valence-electron chi connectivity index (χ0n) is 11.1. The molecule has 1 N–H and O–H groups in total. The van der Waals surface area contributed by atoms with Gasteiger partial charge in [-0.05, 0) is 46.9 Å². The van der Waals surface area contributed by atoms with Crippen LogP contribution in [0.3, 0.4) is 0 Å². The van der Waals surface area contributed by atoms with Crippen LogP contribution < -0.4 is 10.3 Å². The van der Waals surface area contributed by atoms with Gasteiger partial charge in [-0.15, -0.1) is 0 Å². The average Bonchev–Trinajstić information content (AvgIpc) is 2.87. The van der Waals surface area contributed by atoms with Gasteiger partial charge in [-0.25, -0.2) is 5.43 Å². The van der Waals surface area contributed by atoms with E-state index in [9.17, 15) is 4.79 Å². The third kappa shape index (κ3) is 3.83. The molecule has 2 aromatic rings. The van der Waals surface area contributed by atoms with E-state index in [1.54, 1.807) is 18.2 Å². The first kappa shape index (κ1) is 14.6. The van der Waals surface area contributed by atoms with Gasteiger partial charge in [0.15, 0.2) is 5.88 Å². The summed E-state index contributed by atoms with van der Waals surface area (Å²) in [5.74, 6) is 1.06. The van der Waals surface area contributed by atoms with Gasteiger partial charge in [-0.1, -0.05) is 6.07 Å². The number of halogens is 1. The quantitative estimate of drug-likeness (QED) is 0.502. The van der Waals surface area contributed by atoms with Gasteiger partial charge in [-0.3, -0.25) is 4.79 Å². The van der Waals surface area contributed by atoms with Crippen molar-refractivity contribution < 1.29 is 9.21 Å². The molecule has 0 bridgehead atoms. The highest BCUT2D eigenvalue weighted by Gasteiger charge is 2.04. The first-order valence-electron chi connectivity index (χ1n) is 5.92. The SMILES string of the molecule is CN(C)c1ccc(/C=N\NC(=O)c2cccc(I)c2)o1.